The maximum atomic E-state index is 4.63. The zero-order valence-corrected chi connectivity index (χ0v) is 28.9. The lowest BCUT2D eigenvalue weighted by Gasteiger charge is -2.12. The zero-order valence-electron chi connectivity index (χ0n) is 28.9. The fraction of sp³-hybridized carbons (Fsp3) is 0. The second-order valence-electron chi connectivity index (χ2n) is 13.9. The van der Waals surface area contributed by atoms with E-state index in [9.17, 15) is 0 Å². The average Bonchev–Trinajstić information content (AvgIpc) is 3.57. The van der Waals surface area contributed by atoms with Gasteiger partial charge in [-0.05, 0) is 120 Å². The standard InChI is InChI=1S/C51H32N2/c1-2-10-38(11-3-1)53-50-26-23-36(31-47(50)48-32-37(24-27-51(48)53)39-28-29-52-49-17-9-8-16-45(39)49)34-20-18-33(19-21-34)35-22-25-44-42-14-5-4-12-40(42)41-13-6-7-15-43(41)46(44)30-35/h1-32H. The lowest BCUT2D eigenvalue weighted by atomic mass is 9.91. The topological polar surface area (TPSA) is 17.8 Å². The second-order valence-corrected chi connectivity index (χ2v) is 13.9. The number of hydrogen-bond acceptors (Lipinski definition) is 1. The summed E-state index contributed by atoms with van der Waals surface area (Å²) in [5.74, 6) is 0. The van der Waals surface area contributed by atoms with E-state index in [0.29, 0.717) is 0 Å². The van der Waals surface area contributed by atoms with Gasteiger partial charge in [-0.2, -0.15) is 0 Å². The SMILES string of the molecule is c1ccc(-n2c3ccc(-c4ccc(-c5ccc6c7ccccc7c7ccccc7c6c5)cc4)cc3c3cc(-c4ccnc5ccccc45)ccc32)cc1. The number of para-hydroxylation sites is 2. The van der Waals surface area contributed by atoms with Crippen molar-refractivity contribution in [1.29, 1.82) is 0 Å². The Kier molecular flexibility index (Phi) is 6.59. The van der Waals surface area contributed by atoms with Crippen LogP contribution in [0.1, 0.15) is 0 Å². The zero-order chi connectivity index (χ0) is 34.9. The molecular formula is C51H32N2. The summed E-state index contributed by atoms with van der Waals surface area (Å²) in [7, 11) is 0. The van der Waals surface area contributed by atoms with E-state index >= 15 is 0 Å². The van der Waals surface area contributed by atoms with Crippen LogP contribution < -0.4 is 0 Å². The molecule has 0 saturated heterocycles. The van der Waals surface area contributed by atoms with Gasteiger partial charge in [0.15, 0.2) is 0 Å². The van der Waals surface area contributed by atoms with E-state index in [2.05, 4.69) is 198 Å². The predicted octanol–water partition coefficient (Wildman–Crippen LogP) is 13.8. The van der Waals surface area contributed by atoms with Gasteiger partial charge in [-0.25, -0.2) is 0 Å². The minimum Gasteiger partial charge on any atom is -0.309 e. The van der Waals surface area contributed by atoms with Crippen molar-refractivity contribution in [2.45, 2.75) is 0 Å². The van der Waals surface area contributed by atoms with Gasteiger partial charge in [-0.3, -0.25) is 4.98 Å². The lowest BCUT2D eigenvalue weighted by Crippen LogP contribution is -1.93. The van der Waals surface area contributed by atoms with Crippen molar-refractivity contribution in [3.05, 3.63) is 194 Å². The molecule has 11 aromatic rings. The number of rotatable bonds is 4. The van der Waals surface area contributed by atoms with Crippen molar-refractivity contribution in [3.63, 3.8) is 0 Å². The molecule has 11 rings (SSSR count). The quantitative estimate of drug-likeness (QED) is 0.170. The Morgan fingerprint density at radius 1 is 0.302 bits per heavy atom. The normalized spacial score (nSPS) is 11.8. The first-order valence-electron chi connectivity index (χ1n) is 18.2. The first-order valence-corrected chi connectivity index (χ1v) is 18.2. The van der Waals surface area contributed by atoms with Crippen molar-refractivity contribution in [2.75, 3.05) is 0 Å². The number of fused-ring (bicyclic) bond motifs is 10. The maximum absolute atomic E-state index is 4.63. The summed E-state index contributed by atoms with van der Waals surface area (Å²) in [6, 6.07) is 68.6. The number of nitrogens with zero attached hydrogens (tertiary/aromatic N) is 2. The summed E-state index contributed by atoms with van der Waals surface area (Å²) in [4.78, 5) is 4.63. The highest BCUT2D eigenvalue weighted by Gasteiger charge is 2.16. The summed E-state index contributed by atoms with van der Waals surface area (Å²) in [6.07, 6.45) is 1.92. The van der Waals surface area contributed by atoms with Crippen LogP contribution in [0.4, 0.5) is 0 Å². The van der Waals surface area contributed by atoms with Crippen LogP contribution in [0.5, 0.6) is 0 Å². The first-order chi connectivity index (χ1) is 26.3. The van der Waals surface area contributed by atoms with Gasteiger partial charge in [0.05, 0.1) is 16.6 Å². The van der Waals surface area contributed by atoms with Crippen LogP contribution in [0.25, 0.3) is 104 Å². The molecule has 0 spiro atoms. The average molecular weight is 673 g/mol. The van der Waals surface area contributed by atoms with Crippen LogP contribution in [0, 0.1) is 0 Å². The molecule has 0 fully saturated rings. The molecule has 0 aliphatic heterocycles. The van der Waals surface area contributed by atoms with Crippen LogP contribution in [0.3, 0.4) is 0 Å². The third kappa shape index (κ3) is 4.70. The van der Waals surface area contributed by atoms with E-state index in [1.165, 1.54) is 87.5 Å². The number of aromatic nitrogens is 2. The monoisotopic (exact) mass is 672 g/mol. The molecule has 0 radical (unpaired) electrons. The van der Waals surface area contributed by atoms with Gasteiger partial charge in [0.25, 0.3) is 0 Å². The van der Waals surface area contributed by atoms with E-state index in [-0.39, 0.29) is 0 Å². The third-order valence-corrected chi connectivity index (χ3v) is 11.0. The third-order valence-electron chi connectivity index (χ3n) is 11.0. The van der Waals surface area contributed by atoms with Gasteiger partial charge in [0, 0.05) is 28.0 Å². The van der Waals surface area contributed by atoms with Gasteiger partial charge in [-0.15, -0.1) is 0 Å². The highest BCUT2D eigenvalue weighted by Crippen LogP contribution is 2.40. The van der Waals surface area contributed by atoms with Crippen molar-refractivity contribution in [3.8, 4) is 39.1 Å². The molecule has 2 aromatic heterocycles. The summed E-state index contributed by atoms with van der Waals surface area (Å²) in [5, 5.41) is 11.4. The van der Waals surface area contributed by atoms with Crippen molar-refractivity contribution in [2.24, 2.45) is 0 Å². The van der Waals surface area contributed by atoms with E-state index in [1.807, 2.05) is 6.20 Å². The summed E-state index contributed by atoms with van der Waals surface area (Å²) in [5.41, 5.74) is 11.8. The molecule has 0 atom stereocenters. The minimum atomic E-state index is 1.01. The summed E-state index contributed by atoms with van der Waals surface area (Å²) in [6.45, 7) is 0. The highest BCUT2D eigenvalue weighted by atomic mass is 15.0. The van der Waals surface area contributed by atoms with Gasteiger partial charge < -0.3 is 4.57 Å². The van der Waals surface area contributed by atoms with Crippen LogP contribution in [-0.4, -0.2) is 9.55 Å². The van der Waals surface area contributed by atoms with E-state index in [4.69, 9.17) is 0 Å². The lowest BCUT2D eigenvalue weighted by molar-refractivity contribution is 1.18. The highest BCUT2D eigenvalue weighted by molar-refractivity contribution is 6.25. The fourth-order valence-electron chi connectivity index (χ4n) is 8.52. The molecule has 2 nitrogen and oxygen atoms in total. The van der Waals surface area contributed by atoms with Crippen molar-refractivity contribution >= 4 is 65.0 Å². The van der Waals surface area contributed by atoms with E-state index in [1.54, 1.807) is 0 Å². The molecule has 0 N–H and O–H groups in total. The maximum Gasteiger partial charge on any atom is 0.0708 e. The molecule has 53 heavy (non-hydrogen) atoms. The Morgan fingerprint density at radius 2 is 0.755 bits per heavy atom. The Hall–Kier alpha value is -7.03. The van der Waals surface area contributed by atoms with Gasteiger partial charge in [0.1, 0.15) is 0 Å². The van der Waals surface area contributed by atoms with Gasteiger partial charge in [0.2, 0.25) is 0 Å². The van der Waals surface area contributed by atoms with E-state index < -0.39 is 0 Å². The second kappa shape index (κ2) is 11.8. The summed E-state index contributed by atoms with van der Waals surface area (Å²) < 4.78 is 2.39. The Morgan fingerprint density at radius 3 is 1.40 bits per heavy atom. The fourth-order valence-corrected chi connectivity index (χ4v) is 8.52. The molecule has 0 unspecified atom stereocenters. The van der Waals surface area contributed by atoms with Gasteiger partial charge >= 0.3 is 0 Å². The van der Waals surface area contributed by atoms with Crippen LogP contribution in [0.15, 0.2) is 194 Å². The molecule has 2 heteroatoms. The van der Waals surface area contributed by atoms with Crippen molar-refractivity contribution < 1.29 is 0 Å². The molecule has 0 saturated carbocycles. The molecule has 0 aliphatic carbocycles. The Labute approximate surface area is 306 Å². The number of hydrogen-bond donors (Lipinski definition) is 0. The summed E-state index contributed by atoms with van der Waals surface area (Å²) >= 11 is 0. The first kappa shape index (κ1) is 29.7. The molecule has 9 aromatic carbocycles. The molecule has 246 valence electrons. The molecule has 0 amide bonds. The van der Waals surface area contributed by atoms with E-state index in [0.717, 1.165) is 16.6 Å². The minimum absolute atomic E-state index is 1.01. The van der Waals surface area contributed by atoms with Gasteiger partial charge in [-0.1, -0.05) is 133 Å². The van der Waals surface area contributed by atoms with Crippen LogP contribution in [0.2, 0.25) is 0 Å². The molecule has 0 aliphatic rings. The van der Waals surface area contributed by atoms with Crippen LogP contribution in [-0.2, 0) is 0 Å². The van der Waals surface area contributed by atoms with Crippen LogP contribution >= 0.6 is 0 Å². The molecular weight excluding hydrogens is 641 g/mol. The number of pyridine rings is 1. The largest absolute Gasteiger partial charge is 0.309 e. The Balaban J connectivity index is 1.04. The molecule has 0 bridgehead atoms. The molecule has 2 heterocycles. The number of benzene rings is 9. The Bertz CT molecular complexity index is 3170. The smallest absolute Gasteiger partial charge is 0.0708 e. The predicted molar refractivity (Wildman–Crippen MR) is 225 cm³/mol. The van der Waals surface area contributed by atoms with Crippen molar-refractivity contribution in [1.82, 2.24) is 9.55 Å².